The van der Waals surface area contributed by atoms with Crippen LogP contribution in [0.1, 0.15) is 40.8 Å². The fraction of sp³-hybridized carbons (Fsp3) is 0.471. The molecule has 2 aromatic heterocycles. The standard InChI is InChI=1S/C17H22N6O2/c1-11-6-7-18-16(21-11)17(25)19-8-12-4-5-14(24)23(3)15(12)13-9-20-22(2)10-13/h6-7,9-10,12,15H,4-5,8H2,1-3H3,(H,19,25)/t12-,15+/m1/s1. The minimum atomic E-state index is -0.298. The molecule has 3 heterocycles. The van der Waals surface area contributed by atoms with Crippen LogP contribution in [0, 0.1) is 12.8 Å². The van der Waals surface area contributed by atoms with Crippen molar-refractivity contribution in [2.75, 3.05) is 13.6 Å². The highest BCUT2D eigenvalue weighted by atomic mass is 16.2. The van der Waals surface area contributed by atoms with Crippen molar-refractivity contribution in [3.8, 4) is 0 Å². The van der Waals surface area contributed by atoms with Gasteiger partial charge >= 0.3 is 0 Å². The average molecular weight is 342 g/mol. The lowest BCUT2D eigenvalue weighted by atomic mass is 9.85. The molecule has 1 aliphatic rings. The second-order valence-electron chi connectivity index (χ2n) is 6.43. The fourth-order valence-corrected chi connectivity index (χ4v) is 3.28. The number of amides is 2. The summed E-state index contributed by atoms with van der Waals surface area (Å²) in [4.78, 5) is 34.3. The van der Waals surface area contributed by atoms with Gasteiger partial charge in [-0.05, 0) is 19.4 Å². The first-order valence-electron chi connectivity index (χ1n) is 8.27. The van der Waals surface area contributed by atoms with E-state index in [2.05, 4.69) is 20.4 Å². The monoisotopic (exact) mass is 342 g/mol. The lowest BCUT2D eigenvalue weighted by molar-refractivity contribution is -0.137. The van der Waals surface area contributed by atoms with E-state index in [1.54, 1.807) is 35.1 Å². The molecule has 8 nitrogen and oxygen atoms in total. The van der Waals surface area contributed by atoms with Crippen molar-refractivity contribution in [1.82, 2.24) is 30.0 Å². The number of nitrogens with one attached hydrogen (secondary N) is 1. The van der Waals surface area contributed by atoms with Gasteiger partial charge < -0.3 is 10.2 Å². The van der Waals surface area contributed by atoms with Gasteiger partial charge in [-0.2, -0.15) is 5.10 Å². The first kappa shape index (κ1) is 17.1. The zero-order valence-electron chi connectivity index (χ0n) is 14.6. The molecule has 0 radical (unpaired) electrons. The van der Waals surface area contributed by atoms with Crippen molar-refractivity contribution in [3.63, 3.8) is 0 Å². The number of carbonyl (C=O) groups is 2. The van der Waals surface area contributed by atoms with Crippen molar-refractivity contribution < 1.29 is 9.59 Å². The second kappa shape index (κ2) is 7.00. The Hall–Kier alpha value is -2.77. The smallest absolute Gasteiger partial charge is 0.289 e. The quantitative estimate of drug-likeness (QED) is 0.889. The highest BCUT2D eigenvalue weighted by Crippen LogP contribution is 2.35. The molecule has 1 fully saturated rings. The number of nitrogens with zero attached hydrogens (tertiary/aromatic N) is 5. The van der Waals surface area contributed by atoms with Crippen LogP contribution in [-0.4, -0.2) is 50.1 Å². The number of likely N-dealkylation sites (tertiary alicyclic amines) is 1. The third-order valence-corrected chi connectivity index (χ3v) is 4.58. The number of piperidine rings is 1. The number of carbonyl (C=O) groups excluding carboxylic acids is 2. The summed E-state index contributed by atoms with van der Waals surface area (Å²) in [7, 11) is 3.65. The summed E-state index contributed by atoms with van der Waals surface area (Å²) in [5.74, 6) is 0.0884. The Labute approximate surface area is 146 Å². The number of aryl methyl sites for hydroxylation is 2. The van der Waals surface area contributed by atoms with Gasteiger partial charge in [-0.3, -0.25) is 14.3 Å². The molecule has 0 saturated carbocycles. The van der Waals surface area contributed by atoms with Crippen LogP contribution in [0.4, 0.5) is 0 Å². The topological polar surface area (TPSA) is 93.0 Å². The van der Waals surface area contributed by atoms with E-state index in [-0.39, 0.29) is 29.6 Å². The average Bonchev–Trinajstić information content (AvgIpc) is 3.01. The van der Waals surface area contributed by atoms with Crippen molar-refractivity contribution in [1.29, 1.82) is 0 Å². The lowest BCUT2D eigenvalue weighted by Crippen LogP contribution is -2.44. The maximum atomic E-state index is 12.3. The second-order valence-corrected chi connectivity index (χ2v) is 6.43. The van der Waals surface area contributed by atoms with Crippen LogP contribution in [0.5, 0.6) is 0 Å². The molecule has 2 amide bonds. The van der Waals surface area contributed by atoms with E-state index >= 15 is 0 Å². The molecule has 2 aromatic rings. The van der Waals surface area contributed by atoms with Gasteiger partial charge in [0.25, 0.3) is 5.91 Å². The molecule has 0 spiro atoms. The Bertz CT molecular complexity index is 787. The van der Waals surface area contributed by atoms with Crippen LogP contribution < -0.4 is 5.32 Å². The highest BCUT2D eigenvalue weighted by molar-refractivity contribution is 5.90. The van der Waals surface area contributed by atoms with Crippen molar-refractivity contribution >= 4 is 11.8 Å². The Morgan fingerprint density at radius 1 is 1.40 bits per heavy atom. The predicted molar refractivity (Wildman–Crippen MR) is 90.5 cm³/mol. The first-order valence-corrected chi connectivity index (χ1v) is 8.27. The van der Waals surface area contributed by atoms with Crippen LogP contribution in [0.3, 0.4) is 0 Å². The number of rotatable bonds is 4. The summed E-state index contributed by atoms with van der Waals surface area (Å²) >= 11 is 0. The van der Waals surface area contributed by atoms with E-state index < -0.39 is 0 Å². The van der Waals surface area contributed by atoms with Gasteiger partial charge in [-0.25, -0.2) is 9.97 Å². The zero-order valence-corrected chi connectivity index (χ0v) is 14.6. The van der Waals surface area contributed by atoms with E-state index in [0.717, 1.165) is 17.7 Å². The van der Waals surface area contributed by atoms with Crippen molar-refractivity contribution in [3.05, 3.63) is 41.7 Å². The Balaban J connectivity index is 1.73. The molecule has 8 heteroatoms. The summed E-state index contributed by atoms with van der Waals surface area (Å²) in [5, 5.41) is 7.12. The molecule has 1 N–H and O–H groups in total. The lowest BCUT2D eigenvalue weighted by Gasteiger charge is -2.38. The van der Waals surface area contributed by atoms with Crippen LogP contribution in [-0.2, 0) is 11.8 Å². The number of aromatic nitrogens is 4. The highest BCUT2D eigenvalue weighted by Gasteiger charge is 2.35. The van der Waals surface area contributed by atoms with Crippen LogP contribution in [0.25, 0.3) is 0 Å². The van der Waals surface area contributed by atoms with E-state index in [1.165, 1.54) is 0 Å². The minimum Gasteiger partial charge on any atom is -0.349 e. The summed E-state index contributed by atoms with van der Waals surface area (Å²) in [6, 6.07) is 1.64. The third-order valence-electron chi connectivity index (χ3n) is 4.58. The molecule has 0 aliphatic carbocycles. The molecular weight excluding hydrogens is 320 g/mol. The molecule has 0 bridgehead atoms. The van der Waals surface area contributed by atoms with Crippen LogP contribution in [0.2, 0.25) is 0 Å². The SMILES string of the molecule is Cc1ccnc(C(=O)NC[C@H]2CCC(=O)N(C)[C@@H]2c2cnn(C)c2)n1. The summed E-state index contributed by atoms with van der Waals surface area (Å²) in [6.07, 6.45) is 6.46. The number of hydrogen-bond donors (Lipinski definition) is 1. The number of hydrogen-bond acceptors (Lipinski definition) is 5. The normalized spacial score (nSPS) is 20.6. The van der Waals surface area contributed by atoms with Gasteiger partial charge in [0.15, 0.2) is 0 Å². The maximum Gasteiger partial charge on any atom is 0.289 e. The van der Waals surface area contributed by atoms with Crippen molar-refractivity contribution in [2.24, 2.45) is 13.0 Å². The van der Waals surface area contributed by atoms with Gasteiger partial charge in [0.05, 0.1) is 12.2 Å². The first-order chi connectivity index (χ1) is 12.0. The van der Waals surface area contributed by atoms with E-state index in [1.807, 2.05) is 20.2 Å². The Morgan fingerprint density at radius 3 is 2.88 bits per heavy atom. The molecule has 0 unspecified atom stereocenters. The summed E-state index contributed by atoms with van der Waals surface area (Å²) < 4.78 is 1.72. The molecule has 132 valence electrons. The van der Waals surface area contributed by atoms with Crippen LogP contribution in [0.15, 0.2) is 24.7 Å². The van der Waals surface area contributed by atoms with Crippen LogP contribution >= 0.6 is 0 Å². The third kappa shape index (κ3) is 3.67. The molecular formula is C17H22N6O2. The molecule has 25 heavy (non-hydrogen) atoms. The summed E-state index contributed by atoms with van der Waals surface area (Å²) in [5.41, 5.74) is 1.72. The predicted octanol–water partition coefficient (Wildman–Crippen LogP) is 0.858. The van der Waals surface area contributed by atoms with E-state index in [4.69, 9.17) is 0 Å². The maximum absolute atomic E-state index is 12.3. The Morgan fingerprint density at radius 2 is 2.20 bits per heavy atom. The fourth-order valence-electron chi connectivity index (χ4n) is 3.28. The van der Waals surface area contributed by atoms with Gasteiger partial charge in [0, 0.05) is 56.6 Å². The van der Waals surface area contributed by atoms with Crippen molar-refractivity contribution in [2.45, 2.75) is 25.8 Å². The van der Waals surface area contributed by atoms with Gasteiger partial charge in [0.2, 0.25) is 11.7 Å². The molecule has 2 atom stereocenters. The van der Waals surface area contributed by atoms with Gasteiger partial charge in [-0.15, -0.1) is 0 Å². The minimum absolute atomic E-state index is 0.103. The summed E-state index contributed by atoms with van der Waals surface area (Å²) in [6.45, 7) is 2.27. The molecule has 1 saturated heterocycles. The zero-order chi connectivity index (χ0) is 18.0. The molecule has 3 rings (SSSR count). The van der Waals surface area contributed by atoms with E-state index in [0.29, 0.717) is 13.0 Å². The van der Waals surface area contributed by atoms with Gasteiger partial charge in [-0.1, -0.05) is 0 Å². The van der Waals surface area contributed by atoms with E-state index in [9.17, 15) is 9.59 Å². The van der Waals surface area contributed by atoms with Gasteiger partial charge in [0.1, 0.15) is 0 Å². The molecule has 1 aliphatic heterocycles. The molecule has 0 aromatic carbocycles. The Kier molecular flexibility index (Phi) is 4.78. The largest absolute Gasteiger partial charge is 0.349 e.